The number of aromatic nitrogens is 2. The molecule has 0 spiro atoms. The standard InChI is InChI=1S/C20H21N3O2S2/c1-12(13-7-9-14(26-2)10-8-13)22-18(24)15-11-21-20-23(19(15)25)16-5-3-4-6-17(16)27-20/h7-12H,3-6H2,1-2H3,(H,22,24)/t12-/m1/s1. The molecule has 1 amide bonds. The number of nitrogens with one attached hydrogen (secondary N) is 1. The molecule has 1 aliphatic carbocycles. The summed E-state index contributed by atoms with van der Waals surface area (Å²) >= 11 is 3.24. The fraction of sp³-hybridized carbons (Fsp3) is 0.350. The second kappa shape index (κ2) is 7.48. The van der Waals surface area contributed by atoms with E-state index >= 15 is 0 Å². The first-order valence-corrected chi connectivity index (χ1v) is 11.1. The summed E-state index contributed by atoms with van der Waals surface area (Å²) in [4.78, 5) is 33.2. The zero-order valence-electron chi connectivity index (χ0n) is 15.3. The Bertz CT molecular complexity index is 1050. The van der Waals surface area contributed by atoms with Crippen LogP contribution in [0.1, 0.15) is 52.3 Å². The Morgan fingerprint density at radius 3 is 2.74 bits per heavy atom. The normalized spacial score (nSPS) is 14.7. The van der Waals surface area contributed by atoms with Gasteiger partial charge in [-0.05, 0) is 56.6 Å². The van der Waals surface area contributed by atoms with Crippen LogP contribution in [-0.2, 0) is 12.8 Å². The Morgan fingerprint density at radius 1 is 1.26 bits per heavy atom. The van der Waals surface area contributed by atoms with E-state index < -0.39 is 0 Å². The van der Waals surface area contributed by atoms with Gasteiger partial charge in [0, 0.05) is 21.7 Å². The van der Waals surface area contributed by atoms with Gasteiger partial charge in [0.2, 0.25) is 0 Å². The number of aryl methyl sites for hydroxylation is 2. The molecule has 140 valence electrons. The average Bonchev–Trinajstić information content (AvgIpc) is 3.07. The predicted molar refractivity (Wildman–Crippen MR) is 110 cm³/mol. The Hall–Kier alpha value is -2.12. The van der Waals surface area contributed by atoms with Gasteiger partial charge in [0.1, 0.15) is 5.56 Å². The van der Waals surface area contributed by atoms with Crippen molar-refractivity contribution in [2.75, 3.05) is 6.26 Å². The van der Waals surface area contributed by atoms with Crippen LogP contribution < -0.4 is 10.9 Å². The van der Waals surface area contributed by atoms with Gasteiger partial charge in [0.05, 0.1) is 6.04 Å². The van der Waals surface area contributed by atoms with Crippen molar-refractivity contribution in [2.45, 2.75) is 43.5 Å². The molecule has 2 heterocycles. The highest BCUT2D eigenvalue weighted by atomic mass is 32.2. The zero-order chi connectivity index (χ0) is 19.0. The van der Waals surface area contributed by atoms with Crippen LogP contribution in [-0.4, -0.2) is 21.5 Å². The number of hydrogen-bond donors (Lipinski definition) is 1. The molecule has 0 fully saturated rings. The molecule has 2 aromatic heterocycles. The SMILES string of the molecule is CSc1ccc([C@@H](C)NC(=O)c2cnc3sc4c(n3c2=O)CCCC4)cc1. The van der Waals surface area contributed by atoms with Crippen LogP contribution >= 0.6 is 23.1 Å². The van der Waals surface area contributed by atoms with Gasteiger partial charge in [-0.3, -0.25) is 14.0 Å². The van der Waals surface area contributed by atoms with Crippen LogP contribution in [0, 0.1) is 0 Å². The third-order valence-electron chi connectivity index (χ3n) is 5.01. The van der Waals surface area contributed by atoms with Crippen molar-refractivity contribution < 1.29 is 4.79 Å². The Morgan fingerprint density at radius 2 is 2.00 bits per heavy atom. The lowest BCUT2D eigenvalue weighted by Crippen LogP contribution is -2.33. The third kappa shape index (κ3) is 3.41. The van der Waals surface area contributed by atoms with Gasteiger partial charge in [-0.2, -0.15) is 0 Å². The van der Waals surface area contributed by atoms with Crippen LogP contribution in [0.3, 0.4) is 0 Å². The van der Waals surface area contributed by atoms with Gasteiger partial charge in [0.15, 0.2) is 4.96 Å². The fourth-order valence-electron chi connectivity index (χ4n) is 3.47. The number of thioether (sulfide) groups is 1. The molecule has 0 unspecified atom stereocenters. The summed E-state index contributed by atoms with van der Waals surface area (Å²) in [5.74, 6) is -0.376. The summed E-state index contributed by atoms with van der Waals surface area (Å²) in [6.07, 6.45) is 7.53. The molecule has 0 saturated heterocycles. The molecule has 27 heavy (non-hydrogen) atoms. The van der Waals surface area contributed by atoms with Gasteiger partial charge in [0.25, 0.3) is 11.5 Å². The summed E-state index contributed by atoms with van der Waals surface area (Å²) < 4.78 is 1.64. The second-order valence-electron chi connectivity index (χ2n) is 6.74. The number of amides is 1. The van der Waals surface area contributed by atoms with Gasteiger partial charge in [-0.1, -0.05) is 12.1 Å². The molecule has 0 saturated carbocycles. The molecule has 0 aliphatic heterocycles. The highest BCUT2D eigenvalue weighted by molar-refractivity contribution is 7.98. The number of nitrogens with zero attached hydrogens (tertiary/aromatic N) is 2. The van der Waals surface area contributed by atoms with E-state index in [-0.39, 0.29) is 23.1 Å². The maximum atomic E-state index is 13.0. The molecule has 3 aromatic rings. The molecule has 7 heteroatoms. The number of fused-ring (bicyclic) bond motifs is 3. The van der Waals surface area contributed by atoms with E-state index in [1.807, 2.05) is 37.4 Å². The highest BCUT2D eigenvalue weighted by Gasteiger charge is 2.22. The monoisotopic (exact) mass is 399 g/mol. The zero-order valence-corrected chi connectivity index (χ0v) is 17.0. The van der Waals surface area contributed by atoms with Gasteiger partial charge >= 0.3 is 0 Å². The smallest absolute Gasteiger partial charge is 0.271 e. The van der Waals surface area contributed by atoms with Crippen molar-refractivity contribution in [3.8, 4) is 0 Å². The van der Waals surface area contributed by atoms with Crippen molar-refractivity contribution in [3.63, 3.8) is 0 Å². The largest absolute Gasteiger partial charge is 0.345 e. The van der Waals surface area contributed by atoms with E-state index in [9.17, 15) is 9.59 Å². The summed E-state index contributed by atoms with van der Waals surface area (Å²) in [5.41, 5.74) is 1.88. The first-order valence-electron chi connectivity index (χ1n) is 9.05. The number of hydrogen-bond acceptors (Lipinski definition) is 5. The Labute approximate surface area is 165 Å². The lowest BCUT2D eigenvalue weighted by Gasteiger charge is -2.15. The molecule has 4 rings (SSSR count). The van der Waals surface area contributed by atoms with E-state index in [2.05, 4.69) is 10.3 Å². The van der Waals surface area contributed by atoms with E-state index in [0.29, 0.717) is 4.96 Å². The topological polar surface area (TPSA) is 63.5 Å². The molecular formula is C20H21N3O2S2. The average molecular weight is 400 g/mol. The lowest BCUT2D eigenvalue weighted by atomic mass is 10.0. The van der Waals surface area contributed by atoms with E-state index in [1.165, 1.54) is 16.0 Å². The van der Waals surface area contributed by atoms with Crippen molar-refractivity contribution >= 4 is 34.0 Å². The molecule has 0 bridgehead atoms. The Kier molecular flexibility index (Phi) is 5.06. The van der Waals surface area contributed by atoms with Crippen molar-refractivity contribution in [1.82, 2.24) is 14.7 Å². The van der Waals surface area contributed by atoms with Crippen LogP contribution in [0.25, 0.3) is 4.96 Å². The molecule has 1 atom stereocenters. The molecule has 1 aliphatic rings. The second-order valence-corrected chi connectivity index (χ2v) is 8.68. The summed E-state index contributed by atoms with van der Waals surface area (Å²) in [5, 5.41) is 2.93. The van der Waals surface area contributed by atoms with Crippen LogP contribution in [0.5, 0.6) is 0 Å². The molecule has 1 N–H and O–H groups in total. The number of thiazole rings is 1. The van der Waals surface area contributed by atoms with Crippen LogP contribution in [0.2, 0.25) is 0 Å². The maximum absolute atomic E-state index is 13.0. The molecule has 5 nitrogen and oxygen atoms in total. The van der Waals surface area contributed by atoms with Gasteiger partial charge < -0.3 is 5.32 Å². The summed E-state index contributed by atoms with van der Waals surface area (Å²) in [6.45, 7) is 1.92. The minimum atomic E-state index is -0.376. The van der Waals surface area contributed by atoms with Crippen LogP contribution in [0.4, 0.5) is 0 Å². The molecule has 0 radical (unpaired) electrons. The molecule has 1 aromatic carbocycles. The first-order chi connectivity index (χ1) is 13.1. The predicted octanol–water partition coefficient (Wildman–Crippen LogP) is 3.85. The van der Waals surface area contributed by atoms with Crippen molar-refractivity contribution in [1.29, 1.82) is 0 Å². The number of rotatable bonds is 4. The van der Waals surface area contributed by atoms with Crippen molar-refractivity contribution in [3.05, 3.63) is 62.5 Å². The van der Waals surface area contributed by atoms with E-state index in [0.717, 1.165) is 36.9 Å². The van der Waals surface area contributed by atoms with Crippen molar-refractivity contribution in [2.24, 2.45) is 0 Å². The molecular weight excluding hydrogens is 378 g/mol. The lowest BCUT2D eigenvalue weighted by molar-refractivity contribution is 0.0938. The maximum Gasteiger partial charge on any atom is 0.271 e. The fourth-order valence-corrected chi connectivity index (χ4v) is 5.05. The number of carbonyl (C=O) groups is 1. The van der Waals surface area contributed by atoms with Gasteiger partial charge in [-0.25, -0.2) is 4.98 Å². The highest BCUT2D eigenvalue weighted by Crippen LogP contribution is 2.28. The summed E-state index contributed by atoms with van der Waals surface area (Å²) in [7, 11) is 0. The van der Waals surface area contributed by atoms with Crippen LogP contribution in [0.15, 0.2) is 40.2 Å². The minimum Gasteiger partial charge on any atom is -0.345 e. The number of carbonyl (C=O) groups excluding carboxylic acids is 1. The Balaban J connectivity index is 1.62. The number of benzene rings is 1. The van der Waals surface area contributed by atoms with Gasteiger partial charge in [-0.15, -0.1) is 23.1 Å². The van der Waals surface area contributed by atoms with E-state index in [4.69, 9.17) is 0 Å². The summed E-state index contributed by atoms with van der Waals surface area (Å²) in [6, 6.07) is 7.87. The quantitative estimate of drug-likeness (QED) is 0.677. The van der Waals surface area contributed by atoms with E-state index in [1.54, 1.807) is 27.5 Å². The first kappa shape index (κ1) is 18.3. The third-order valence-corrected chi connectivity index (χ3v) is 6.91. The minimum absolute atomic E-state index is 0.103.